The van der Waals surface area contributed by atoms with Crippen LogP contribution < -0.4 is 11.1 Å². The van der Waals surface area contributed by atoms with Crippen LogP contribution in [0.2, 0.25) is 0 Å². The van der Waals surface area contributed by atoms with Gasteiger partial charge < -0.3 is 16.0 Å². The molecule has 3 N–H and O–H groups in total. The maximum Gasteiger partial charge on any atom is 0.311 e. The molecule has 5 nitrogen and oxygen atoms in total. The van der Waals surface area contributed by atoms with Gasteiger partial charge in [-0.25, -0.2) is 0 Å². The van der Waals surface area contributed by atoms with Crippen LogP contribution in [-0.2, 0) is 9.59 Å². The van der Waals surface area contributed by atoms with Crippen LogP contribution in [0.5, 0.6) is 0 Å². The summed E-state index contributed by atoms with van der Waals surface area (Å²) in [4.78, 5) is 25.7. The van der Waals surface area contributed by atoms with Gasteiger partial charge in [0, 0.05) is 13.1 Å². The lowest BCUT2D eigenvalue weighted by Crippen LogP contribution is -2.46. The highest BCUT2D eigenvalue weighted by Gasteiger charge is 2.21. The van der Waals surface area contributed by atoms with Gasteiger partial charge in [0.15, 0.2) is 0 Å². The molecule has 0 fully saturated rings. The first-order valence-electron chi connectivity index (χ1n) is 7.09. The number of carbonyl (C=O) groups is 2. The summed E-state index contributed by atoms with van der Waals surface area (Å²) in [6.07, 6.45) is 1.76. The fraction of sp³-hybridized carbons (Fsp3) is 0.786. The summed E-state index contributed by atoms with van der Waals surface area (Å²) >= 11 is 4.68. The van der Waals surface area contributed by atoms with E-state index in [1.54, 1.807) is 4.90 Å². The molecular weight excluding hydrogens is 274 g/mol. The van der Waals surface area contributed by atoms with E-state index in [0.29, 0.717) is 24.9 Å². The summed E-state index contributed by atoms with van der Waals surface area (Å²) in [6, 6.07) is 0. The molecule has 0 heterocycles. The number of hydrogen-bond acceptors (Lipinski definition) is 3. The minimum Gasteiger partial charge on any atom is -0.392 e. The second-order valence-corrected chi connectivity index (χ2v) is 6.33. The molecule has 0 rings (SSSR count). The maximum absolute atomic E-state index is 12.1. The Kier molecular flexibility index (Phi) is 9.12. The van der Waals surface area contributed by atoms with Gasteiger partial charge in [-0.1, -0.05) is 39.9 Å². The summed E-state index contributed by atoms with van der Waals surface area (Å²) in [5, 5.41) is 2.44. The van der Waals surface area contributed by atoms with Crippen LogP contribution in [0.4, 0.5) is 0 Å². The molecule has 0 saturated carbocycles. The Labute approximate surface area is 127 Å². The summed E-state index contributed by atoms with van der Waals surface area (Å²) in [6.45, 7) is 9.64. The molecule has 0 bridgehead atoms. The summed E-state index contributed by atoms with van der Waals surface area (Å²) in [7, 11) is 0. The van der Waals surface area contributed by atoms with Crippen molar-refractivity contribution in [2.45, 2.75) is 40.5 Å². The molecule has 6 heteroatoms. The second-order valence-electron chi connectivity index (χ2n) is 5.81. The third-order valence-electron chi connectivity index (χ3n) is 2.86. The number of hydrogen-bond donors (Lipinski definition) is 2. The quantitative estimate of drug-likeness (QED) is 0.523. The van der Waals surface area contributed by atoms with Crippen LogP contribution >= 0.6 is 12.2 Å². The monoisotopic (exact) mass is 301 g/mol. The number of nitrogens with two attached hydrogens (primary N) is 1. The van der Waals surface area contributed by atoms with Gasteiger partial charge in [0.2, 0.25) is 0 Å². The molecule has 0 aromatic carbocycles. The highest BCUT2D eigenvalue weighted by molar-refractivity contribution is 7.80. The molecule has 2 amide bonds. The molecule has 0 aromatic heterocycles. The van der Waals surface area contributed by atoms with E-state index >= 15 is 0 Å². The van der Waals surface area contributed by atoms with E-state index in [2.05, 4.69) is 45.2 Å². The molecule has 116 valence electrons. The minimum absolute atomic E-state index is 0.0576. The van der Waals surface area contributed by atoms with E-state index in [1.807, 2.05) is 0 Å². The number of carbonyl (C=O) groups excluding carboxylic acids is 2. The van der Waals surface area contributed by atoms with Crippen molar-refractivity contribution in [1.82, 2.24) is 10.2 Å². The summed E-state index contributed by atoms with van der Waals surface area (Å²) in [5.41, 5.74) is 5.31. The number of rotatable bonds is 8. The molecule has 20 heavy (non-hydrogen) atoms. The zero-order chi connectivity index (χ0) is 15.7. The van der Waals surface area contributed by atoms with E-state index in [0.717, 1.165) is 12.8 Å². The molecule has 0 saturated heterocycles. The number of nitrogens with zero attached hydrogens (tertiary/aromatic N) is 1. The molecule has 0 atom stereocenters. The van der Waals surface area contributed by atoms with Crippen molar-refractivity contribution < 1.29 is 9.59 Å². The number of amides is 2. The van der Waals surface area contributed by atoms with Gasteiger partial charge in [0.25, 0.3) is 0 Å². The average molecular weight is 301 g/mol. The van der Waals surface area contributed by atoms with Gasteiger partial charge in [0.05, 0.1) is 11.5 Å². The van der Waals surface area contributed by atoms with Crippen LogP contribution in [0.25, 0.3) is 0 Å². The fourth-order valence-electron chi connectivity index (χ4n) is 1.53. The average Bonchev–Trinajstić information content (AvgIpc) is 2.34. The van der Waals surface area contributed by atoms with E-state index in [4.69, 9.17) is 5.73 Å². The van der Waals surface area contributed by atoms with E-state index in [9.17, 15) is 9.59 Å². The van der Waals surface area contributed by atoms with E-state index < -0.39 is 11.8 Å². The van der Waals surface area contributed by atoms with Crippen molar-refractivity contribution in [2.24, 2.45) is 17.6 Å². The fourth-order valence-corrected chi connectivity index (χ4v) is 1.60. The SMILES string of the molecule is CC(C)CCN(CCC(C)C)C(=O)C(=O)NCC(N)=S. The van der Waals surface area contributed by atoms with Gasteiger partial charge in [-0.2, -0.15) is 0 Å². The zero-order valence-electron chi connectivity index (χ0n) is 12.9. The Hall–Kier alpha value is -1.17. The van der Waals surface area contributed by atoms with Crippen molar-refractivity contribution >= 4 is 29.0 Å². The summed E-state index contributed by atoms with van der Waals surface area (Å²) in [5.74, 6) is -0.152. The van der Waals surface area contributed by atoms with Crippen molar-refractivity contribution in [2.75, 3.05) is 19.6 Å². The first-order chi connectivity index (χ1) is 9.23. The standard InChI is InChI=1S/C14H27N3O2S/c1-10(2)5-7-17(8-6-11(3)4)14(19)13(18)16-9-12(15)20/h10-11H,5-9H2,1-4H3,(H2,15,20)(H,16,18). The first kappa shape index (κ1) is 18.8. The van der Waals surface area contributed by atoms with Crippen molar-refractivity contribution in [1.29, 1.82) is 0 Å². The maximum atomic E-state index is 12.1. The second kappa shape index (κ2) is 9.69. The lowest BCUT2D eigenvalue weighted by Gasteiger charge is -2.23. The van der Waals surface area contributed by atoms with Gasteiger partial charge in [-0.3, -0.25) is 9.59 Å². The third-order valence-corrected chi connectivity index (χ3v) is 3.00. The number of thiocarbonyl (C=S) groups is 1. The van der Waals surface area contributed by atoms with Crippen molar-refractivity contribution in [3.8, 4) is 0 Å². The molecule has 0 aliphatic heterocycles. The van der Waals surface area contributed by atoms with Crippen molar-refractivity contribution in [3.63, 3.8) is 0 Å². The molecule has 0 aliphatic carbocycles. The Morgan fingerprint density at radius 2 is 1.55 bits per heavy atom. The van der Waals surface area contributed by atoms with E-state index in [-0.39, 0.29) is 11.5 Å². The van der Waals surface area contributed by atoms with Gasteiger partial charge in [-0.15, -0.1) is 0 Å². The van der Waals surface area contributed by atoms with Gasteiger partial charge in [-0.05, 0) is 24.7 Å². The molecule has 0 aromatic rings. The Morgan fingerprint density at radius 3 is 1.90 bits per heavy atom. The third kappa shape index (κ3) is 8.85. The van der Waals surface area contributed by atoms with Crippen LogP contribution in [0, 0.1) is 11.8 Å². The predicted molar refractivity (Wildman–Crippen MR) is 85.3 cm³/mol. The molecule has 0 radical (unpaired) electrons. The zero-order valence-corrected chi connectivity index (χ0v) is 13.8. The topological polar surface area (TPSA) is 75.4 Å². The first-order valence-corrected chi connectivity index (χ1v) is 7.50. The van der Waals surface area contributed by atoms with Crippen molar-refractivity contribution in [3.05, 3.63) is 0 Å². The smallest absolute Gasteiger partial charge is 0.311 e. The Bertz CT molecular complexity index is 331. The minimum atomic E-state index is -0.634. The Morgan fingerprint density at radius 1 is 1.10 bits per heavy atom. The van der Waals surface area contributed by atoms with Crippen LogP contribution in [0.1, 0.15) is 40.5 Å². The molecule has 0 aliphatic rings. The Balaban J connectivity index is 4.51. The number of nitrogens with one attached hydrogen (secondary N) is 1. The highest BCUT2D eigenvalue weighted by atomic mass is 32.1. The van der Waals surface area contributed by atoms with Crippen LogP contribution in [0.3, 0.4) is 0 Å². The normalized spacial score (nSPS) is 10.7. The predicted octanol–water partition coefficient (Wildman–Crippen LogP) is 1.31. The molecule has 0 spiro atoms. The lowest BCUT2D eigenvalue weighted by molar-refractivity contribution is -0.145. The molecule has 0 unspecified atom stereocenters. The lowest BCUT2D eigenvalue weighted by atomic mass is 10.1. The van der Waals surface area contributed by atoms with Gasteiger partial charge in [0.1, 0.15) is 0 Å². The summed E-state index contributed by atoms with van der Waals surface area (Å²) < 4.78 is 0. The largest absolute Gasteiger partial charge is 0.392 e. The van der Waals surface area contributed by atoms with E-state index in [1.165, 1.54) is 0 Å². The van der Waals surface area contributed by atoms with Crippen LogP contribution in [0.15, 0.2) is 0 Å². The van der Waals surface area contributed by atoms with Gasteiger partial charge >= 0.3 is 11.8 Å². The van der Waals surface area contributed by atoms with Crippen LogP contribution in [-0.4, -0.2) is 41.3 Å². The highest BCUT2D eigenvalue weighted by Crippen LogP contribution is 2.07. The molecular formula is C14H27N3O2S.